The molecule has 4 saturated carbocycles. The van der Waals surface area contributed by atoms with Crippen LogP contribution in [0.15, 0.2) is 0 Å². The summed E-state index contributed by atoms with van der Waals surface area (Å²) in [7, 11) is 0. The molecule has 4 rings (SSSR count). The van der Waals surface area contributed by atoms with Gasteiger partial charge in [-0.25, -0.2) is 0 Å². The first-order valence-corrected chi connectivity index (χ1v) is 13.3. The smallest absolute Gasteiger partial charge is 0.0622 e. The van der Waals surface area contributed by atoms with Gasteiger partial charge < -0.3 is 5.11 Å². The normalized spacial score (nSPS) is 51.6. The van der Waals surface area contributed by atoms with Crippen LogP contribution in [0, 0.1) is 52.3 Å². The second kappa shape index (κ2) is 7.83. The molecule has 0 saturated heterocycles. The molecule has 10 atom stereocenters. The summed E-state index contributed by atoms with van der Waals surface area (Å²) >= 11 is 0. The van der Waals surface area contributed by atoms with Crippen LogP contribution < -0.4 is 0 Å². The van der Waals surface area contributed by atoms with E-state index in [9.17, 15) is 5.11 Å². The molecule has 0 unspecified atom stereocenters. The Balaban J connectivity index is 1.48. The summed E-state index contributed by atoms with van der Waals surface area (Å²) in [6, 6.07) is 0. The molecule has 29 heavy (non-hydrogen) atoms. The molecule has 4 fully saturated rings. The van der Waals surface area contributed by atoms with Gasteiger partial charge in [-0.3, -0.25) is 0 Å². The van der Waals surface area contributed by atoms with Crippen molar-refractivity contribution in [2.75, 3.05) is 0 Å². The van der Waals surface area contributed by atoms with Crippen LogP contribution in [0.25, 0.3) is 0 Å². The van der Waals surface area contributed by atoms with Gasteiger partial charge in [-0.05, 0) is 117 Å². The number of aliphatic hydroxyl groups is 1. The van der Waals surface area contributed by atoms with E-state index in [1.54, 1.807) is 0 Å². The zero-order chi connectivity index (χ0) is 21.0. The Morgan fingerprint density at radius 2 is 1.55 bits per heavy atom. The van der Waals surface area contributed by atoms with Crippen LogP contribution in [0.4, 0.5) is 0 Å². The quantitative estimate of drug-likeness (QED) is 0.496. The highest BCUT2D eigenvalue weighted by atomic mass is 16.3. The molecular weight excluding hydrogens is 352 g/mol. The Morgan fingerprint density at radius 1 is 0.828 bits per heavy atom. The predicted molar refractivity (Wildman–Crippen MR) is 124 cm³/mol. The molecule has 1 nitrogen and oxygen atoms in total. The topological polar surface area (TPSA) is 20.2 Å². The lowest BCUT2D eigenvalue weighted by Crippen LogP contribution is -2.55. The minimum absolute atomic E-state index is 0.399. The van der Waals surface area contributed by atoms with Gasteiger partial charge in [0.2, 0.25) is 0 Å². The summed E-state index contributed by atoms with van der Waals surface area (Å²) in [4.78, 5) is 0. The van der Waals surface area contributed by atoms with E-state index in [1.165, 1.54) is 64.2 Å². The lowest BCUT2D eigenvalue weighted by molar-refractivity contribution is -0.148. The molecule has 0 aromatic carbocycles. The van der Waals surface area contributed by atoms with Crippen molar-refractivity contribution >= 4 is 0 Å². The number of rotatable bonds is 5. The molecule has 0 heterocycles. The number of hydrogen-bond acceptors (Lipinski definition) is 1. The zero-order valence-electron chi connectivity index (χ0n) is 20.5. The molecule has 1 heteroatoms. The molecule has 1 N–H and O–H groups in total. The van der Waals surface area contributed by atoms with E-state index in [4.69, 9.17) is 0 Å². The van der Waals surface area contributed by atoms with Crippen molar-refractivity contribution in [2.24, 2.45) is 52.3 Å². The van der Waals surface area contributed by atoms with E-state index in [-0.39, 0.29) is 0 Å². The molecular formula is C28H50O. The molecule has 0 bridgehead atoms. The van der Waals surface area contributed by atoms with Gasteiger partial charge in [0.25, 0.3) is 0 Å². The molecule has 0 aromatic rings. The van der Waals surface area contributed by atoms with Crippen molar-refractivity contribution in [1.82, 2.24) is 0 Å². The lowest BCUT2D eigenvalue weighted by atomic mass is 9.43. The van der Waals surface area contributed by atoms with Gasteiger partial charge in [0, 0.05) is 0 Å². The summed E-state index contributed by atoms with van der Waals surface area (Å²) in [6.45, 7) is 14.8. The van der Waals surface area contributed by atoms with Crippen LogP contribution in [0.5, 0.6) is 0 Å². The van der Waals surface area contributed by atoms with E-state index in [0.717, 1.165) is 54.3 Å². The molecule has 168 valence electrons. The molecule has 0 spiro atoms. The summed E-state index contributed by atoms with van der Waals surface area (Å²) in [5, 5.41) is 10.7. The maximum absolute atomic E-state index is 10.7. The van der Waals surface area contributed by atoms with E-state index in [0.29, 0.717) is 10.8 Å². The molecule has 0 aromatic heterocycles. The van der Waals surface area contributed by atoms with Gasteiger partial charge in [0.15, 0.2) is 0 Å². The Morgan fingerprint density at radius 3 is 2.28 bits per heavy atom. The van der Waals surface area contributed by atoms with E-state index in [1.807, 2.05) is 0 Å². The van der Waals surface area contributed by atoms with Crippen LogP contribution in [-0.4, -0.2) is 10.7 Å². The van der Waals surface area contributed by atoms with E-state index in [2.05, 4.69) is 41.5 Å². The van der Waals surface area contributed by atoms with Gasteiger partial charge >= 0.3 is 0 Å². The predicted octanol–water partition coefficient (Wildman–Crippen LogP) is 7.86. The first-order valence-electron chi connectivity index (χ1n) is 13.3. The SMILES string of the molecule is CC[C@H](C)CC[C@@H](C)[C@H]1CC[C@H]2[C@@H]3CC[C@@H]4C[C@@](C)(O)CC[C@]4(C)[C@H]3CC[C@]12C. The largest absolute Gasteiger partial charge is 0.390 e. The van der Waals surface area contributed by atoms with Gasteiger partial charge in [-0.1, -0.05) is 53.9 Å². The molecule has 0 aliphatic heterocycles. The van der Waals surface area contributed by atoms with Crippen molar-refractivity contribution < 1.29 is 5.11 Å². The Bertz CT molecular complexity index is 581. The van der Waals surface area contributed by atoms with E-state index >= 15 is 0 Å². The number of fused-ring (bicyclic) bond motifs is 5. The van der Waals surface area contributed by atoms with Gasteiger partial charge in [0.1, 0.15) is 0 Å². The van der Waals surface area contributed by atoms with Crippen molar-refractivity contribution in [1.29, 1.82) is 0 Å². The fourth-order valence-electron chi connectivity index (χ4n) is 9.36. The zero-order valence-corrected chi connectivity index (χ0v) is 20.5. The number of hydrogen-bond donors (Lipinski definition) is 1. The minimum atomic E-state index is -0.399. The molecule has 0 amide bonds. The van der Waals surface area contributed by atoms with Crippen molar-refractivity contribution in [3.05, 3.63) is 0 Å². The lowest BCUT2D eigenvalue weighted by Gasteiger charge is -2.62. The van der Waals surface area contributed by atoms with Crippen LogP contribution >= 0.6 is 0 Å². The monoisotopic (exact) mass is 402 g/mol. The average molecular weight is 403 g/mol. The fourth-order valence-corrected chi connectivity index (χ4v) is 9.36. The third-order valence-corrected chi connectivity index (χ3v) is 11.5. The van der Waals surface area contributed by atoms with E-state index < -0.39 is 5.60 Å². The molecule has 0 radical (unpaired) electrons. The second-order valence-corrected chi connectivity index (χ2v) is 13.2. The summed E-state index contributed by atoms with van der Waals surface area (Å²) in [6.07, 6.45) is 16.4. The maximum atomic E-state index is 10.7. The standard InChI is InChI=1S/C28H50O/c1-7-19(2)8-9-20(3)23-12-13-24-22-11-10-21-18-26(4,29)16-17-27(21,5)25(22)14-15-28(23,24)6/h19-25,29H,7-18H2,1-6H3/t19-,20+,21+,22-,23+,24-,25-,26-,27-,28+/m0/s1. The van der Waals surface area contributed by atoms with Crippen LogP contribution in [0.1, 0.15) is 119 Å². The highest BCUT2D eigenvalue weighted by Gasteiger charge is 2.61. The molecule has 4 aliphatic rings. The van der Waals surface area contributed by atoms with Gasteiger partial charge in [0.05, 0.1) is 5.60 Å². The van der Waals surface area contributed by atoms with Crippen molar-refractivity contribution in [3.63, 3.8) is 0 Å². The van der Waals surface area contributed by atoms with Crippen LogP contribution in [-0.2, 0) is 0 Å². The highest BCUT2D eigenvalue weighted by Crippen LogP contribution is 2.68. The summed E-state index contributed by atoms with van der Waals surface area (Å²) in [5.41, 5.74) is 0.718. The average Bonchev–Trinajstić information content (AvgIpc) is 3.03. The van der Waals surface area contributed by atoms with Crippen LogP contribution in [0.2, 0.25) is 0 Å². The molecule has 4 aliphatic carbocycles. The third-order valence-electron chi connectivity index (χ3n) is 11.5. The Labute approximate surface area is 181 Å². The van der Waals surface area contributed by atoms with Crippen molar-refractivity contribution in [2.45, 2.75) is 124 Å². The minimum Gasteiger partial charge on any atom is -0.390 e. The third kappa shape index (κ3) is 3.74. The van der Waals surface area contributed by atoms with Gasteiger partial charge in [-0.15, -0.1) is 0 Å². The summed E-state index contributed by atoms with van der Waals surface area (Å²) < 4.78 is 0. The van der Waals surface area contributed by atoms with Crippen LogP contribution in [0.3, 0.4) is 0 Å². The van der Waals surface area contributed by atoms with Gasteiger partial charge in [-0.2, -0.15) is 0 Å². The maximum Gasteiger partial charge on any atom is 0.0622 e. The Kier molecular flexibility index (Phi) is 5.98. The fraction of sp³-hybridized carbons (Fsp3) is 1.00. The second-order valence-electron chi connectivity index (χ2n) is 13.2. The Hall–Kier alpha value is -0.0400. The first-order chi connectivity index (χ1) is 13.6. The summed E-state index contributed by atoms with van der Waals surface area (Å²) in [5.74, 6) is 6.44. The first kappa shape index (κ1) is 22.2. The highest BCUT2D eigenvalue weighted by molar-refractivity contribution is 5.10. The van der Waals surface area contributed by atoms with Crippen molar-refractivity contribution in [3.8, 4) is 0 Å².